The summed E-state index contributed by atoms with van der Waals surface area (Å²) in [4.78, 5) is 23.1. The van der Waals surface area contributed by atoms with Gasteiger partial charge in [0.05, 0.1) is 4.87 Å². The summed E-state index contributed by atoms with van der Waals surface area (Å²) in [6.07, 6.45) is 10.2. The number of esters is 2. The van der Waals surface area contributed by atoms with E-state index in [2.05, 4.69) is 20.8 Å². The van der Waals surface area contributed by atoms with Gasteiger partial charge in [0.1, 0.15) is 12.2 Å². The van der Waals surface area contributed by atoms with E-state index in [4.69, 9.17) is 21.1 Å². The second kappa shape index (κ2) is 7.62. The van der Waals surface area contributed by atoms with Crippen molar-refractivity contribution in [1.82, 2.24) is 0 Å². The van der Waals surface area contributed by atoms with Gasteiger partial charge in [-0.3, -0.25) is 9.59 Å². The van der Waals surface area contributed by atoms with Crippen LogP contribution in [-0.4, -0.2) is 29.0 Å². The maximum atomic E-state index is 11.7. The van der Waals surface area contributed by atoms with Gasteiger partial charge in [0.2, 0.25) is 0 Å². The molecule has 0 spiro atoms. The molecule has 5 rings (SSSR count). The summed E-state index contributed by atoms with van der Waals surface area (Å²) in [7, 11) is 0. The average Bonchev–Trinajstić information content (AvgIpc) is 3.09. The van der Waals surface area contributed by atoms with Gasteiger partial charge in [-0.25, -0.2) is 0 Å². The minimum absolute atomic E-state index is 0.00253. The van der Waals surface area contributed by atoms with E-state index in [0.29, 0.717) is 29.6 Å². The van der Waals surface area contributed by atoms with Gasteiger partial charge in [-0.15, -0.1) is 11.6 Å². The number of carbonyl (C=O) groups is 2. The molecule has 0 radical (unpaired) electrons. The van der Waals surface area contributed by atoms with Crippen molar-refractivity contribution in [2.75, 3.05) is 0 Å². The molecule has 0 saturated heterocycles. The normalized spacial score (nSPS) is 52.4. The molecule has 0 aromatic carbocycles. The largest absolute Gasteiger partial charge is 0.463 e. The van der Waals surface area contributed by atoms with E-state index in [1.54, 1.807) is 0 Å². The fraction of sp³-hybridized carbons (Fsp3) is 0.926. The molecule has 0 amide bonds. The second-order valence-electron chi connectivity index (χ2n) is 12.4. The topological polar surface area (TPSA) is 52.6 Å². The lowest BCUT2D eigenvalue weighted by Crippen LogP contribution is -2.62. The highest BCUT2D eigenvalue weighted by molar-refractivity contribution is 6.25. The number of hydrogen-bond donors (Lipinski definition) is 0. The Labute approximate surface area is 198 Å². The molecule has 5 aliphatic carbocycles. The van der Waals surface area contributed by atoms with Crippen LogP contribution in [-0.2, 0) is 19.1 Å². The van der Waals surface area contributed by atoms with Crippen LogP contribution in [0.3, 0.4) is 0 Å². The molecule has 5 fully saturated rings. The lowest BCUT2D eigenvalue weighted by atomic mass is 9.44. The first-order valence-corrected chi connectivity index (χ1v) is 13.4. The first-order chi connectivity index (χ1) is 15.0. The Hall–Kier alpha value is -0.770. The van der Waals surface area contributed by atoms with E-state index < -0.39 is 0 Å². The number of alkyl halides is 1. The van der Waals surface area contributed by atoms with Crippen LogP contribution in [0.2, 0.25) is 0 Å². The lowest BCUT2D eigenvalue weighted by Gasteiger charge is -2.64. The number of fused-ring (bicyclic) bond motifs is 3. The summed E-state index contributed by atoms with van der Waals surface area (Å²) in [5.41, 5.74) is 0.454. The third-order valence-corrected chi connectivity index (χ3v) is 12.0. The fourth-order valence-electron chi connectivity index (χ4n) is 10.4. The standard InChI is InChI=1S/C27H41ClO4/c1-15-13-26-11-8-19(32-18(4)30)14-27(26,28)24(15)12-20-22-7-6-21(16(2)31-17(3)29)25(22,5)10-9-23(20)26/h15-16,19-24H,6-14H2,1-5H3/t15-,16?,19+,20?,21-,22?,23?,24?,25-,26+,27+/m1/s1. The first-order valence-electron chi connectivity index (χ1n) is 13.0. The predicted molar refractivity (Wildman–Crippen MR) is 124 cm³/mol. The molecular formula is C27H41ClO4. The third kappa shape index (κ3) is 3.06. The first kappa shape index (κ1) is 23.0. The number of ether oxygens (including phenoxy) is 2. The van der Waals surface area contributed by atoms with Crippen molar-refractivity contribution in [3.05, 3.63) is 0 Å². The monoisotopic (exact) mass is 464 g/mol. The number of hydrogen-bond acceptors (Lipinski definition) is 4. The SMILES string of the molecule is CC(=O)OC(C)[C@H]1CCC2C3CC4[C@H](C)C[C@@]5(CC[C@H](OC(C)=O)C[C@]45Cl)C3CC[C@@]21C. The second-order valence-corrected chi connectivity index (χ2v) is 13.1. The van der Waals surface area contributed by atoms with Gasteiger partial charge in [0, 0.05) is 26.2 Å². The van der Waals surface area contributed by atoms with E-state index in [0.717, 1.165) is 25.2 Å². The Bertz CT molecular complexity index is 799. The average molecular weight is 465 g/mol. The predicted octanol–water partition coefficient (Wildman–Crippen LogP) is 6.14. The van der Waals surface area contributed by atoms with Crippen molar-refractivity contribution in [2.24, 2.45) is 46.3 Å². The molecule has 0 aliphatic heterocycles. The highest BCUT2D eigenvalue weighted by Crippen LogP contribution is 2.77. The van der Waals surface area contributed by atoms with Crippen LogP contribution in [0.5, 0.6) is 0 Å². The van der Waals surface area contributed by atoms with Crippen molar-refractivity contribution in [3.8, 4) is 0 Å². The van der Waals surface area contributed by atoms with E-state index in [9.17, 15) is 9.59 Å². The van der Waals surface area contributed by atoms with Crippen molar-refractivity contribution < 1.29 is 19.1 Å². The Morgan fingerprint density at radius 1 is 0.969 bits per heavy atom. The summed E-state index contributed by atoms with van der Waals surface area (Å²) < 4.78 is 11.4. The Morgan fingerprint density at radius 3 is 2.41 bits per heavy atom. The van der Waals surface area contributed by atoms with Crippen molar-refractivity contribution in [1.29, 1.82) is 0 Å². The molecule has 0 heterocycles. The molecule has 32 heavy (non-hydrogen) atoms. The molecule has 0 N–H and O–H groups in total. The van der Waals surface area contributed by atoms with E-state index >= 15 is 0 Å². The van der Waals surface area contributed by atoms with Crippen LogP contribution < -0.4 is 0 Å². The Kier molecular flexibility index (Phi) is 5.47. The lowest BCUT2D eigenvalue weighted by molar-refractivity contribution is -0.162. The molecule has 0 aromatic heterocycles. The molecule has 5 heteroatoms. The maximum absolute atomic E-state index is 11.7. The number of halogens is 1. The van der Waals surface area contributed by atoms with Gasteiger partial charge in [0.15, 0.2) is 0 Å². The van der Waals surface area contributed by atoms with E-state index in [1.165, 1.54) is 52.4 Å². The van der Waals surface area contributed by atoms with Gasteiger partial charge in [-0.2, -0.15) is 0 Å². The zero-order chi connectivity index (χ0) is 23.1. The van der Waals surface area contributed by atoms with E-state index in [1.807, 2.05) is 0 Å². The molecule has 180 valence electrons. The molecule has 5 aliphatic rings. The zero-order valence-electron chi connectivity index (χ0n) is 20.5. The van der Waals surface area contributed by atoms with Crippen molar-refractivity contribution in [2.45, 2.75) is 109 Å². The van der Waals surface area contributed by atoms with Crippen LogP contribution >= 0.6 is 11.6 Å². The molecule has 2 bridgehead atoms. The number of carbonyl (C=O) groups excluding carboxylic acids is 2. The molecule has 5 unspecified atom stereocenters. The molecule has 5 saturated carbocycles. The quantitative estimate of drug-likeness (QED) is 0.372. The summed E-state index contributed by atoms with van der Waals surface area (Å²) in [5.74, 6) is 3.41. The Morgan fingerprint density at radius 2 is 1.72 bits per heavy atom. The zero-order valence-corrected chi connectivity index (χ0v) is 21.2. The number of rotatable bonds is 3. The molecule has 0 aromatic rings. The van der Waals surface area contributed by atoms with Gasteiger partial charge < -0.3 is 9.47 Å². The van der Waals surface area contributed by atoms with Crippen LogP contribution in [0.4, 0.5) is 0 Å². The van der Waals surface area contributed by atoms with Crippen LogP contribution in [0.25, 0.3) is 0 Å². The highest BCUT2D eigenvalue weighted by atomic mass is 35.5. The minimum atomic E-state index is -0.220. The van der Waals surface area contributed by atoms with Crippen LogP contribution in [0.1, 0.15) is 92.4 Å². The smallest absolute Gasteiger partial charge is 0.302 e. The highest BCUT2D eigenvalue weighted by Gasteiger charge is 2.73. The summed E-state index contributed by atoms with van der Waals surface area (Å²) >= 11 is 7.69. The summed E-state index contributed by atoms with van der Waals surface area (Å²) in [6.45, 7) is 10.1. The van der Waals surface area contributed by atoms with Crippen molar-refractivity contribution >= 4 is 23.5 Å². The minimum Gasteiger partial charge on any atom is -0.463 e. The van der Waals surface area contributed by atoms with Gasteiger partial charge in [-0.1, -0.05) is 13.8 Å². The third-order valence-electron chi connectivity index (χ3n) is 11.2. The molecule has 11 atom stereocenters. The Balaban J connectivity index is 1.44. The van der Waals surface area contributed by atoms with Crippen molar-refractivity contribution in [3.63, 3.8) is 0 Å². The fourth-order valence-corrected chi connectivity index (χ4v) is 11.2. The van der Waals surface area contributed by atoms with E-state index in [-0.39, 0.29) is 39.9 Å². The van der Waals surface area contributed by atoms with Crippen LogP contribution in [0, 0.1) is 46.3 Å². The summed E-state index contributed by atoms with van der Waals surface area (Å²) in [5, 5.41) is 0. The van der Waals surface area contributed by atoms with Gasteiger partial charge in [-0.05, 0) is 98.7 Å². The molecular weight excluding hydrogens is 424 g/mol. The maximum Gasteiger partial charge on any atom is 0.302 e. The van der Waals surface area contributed by atoms with Crippen LogP contribution in [0.15, 0.2) is 0 Å². The van der Waals surface area contributed by atoms with Gasteiger partial charge >= 0.3 is 11.9 Å². The summed E-state index contributed by atoms with van der Waals surface area (Å²) in [6, 6.07) is 0. The van der Waals surface area contributed by atoms with Gasteiger partial charge in [0.25, 0.3) is 0 Å². The molecule has 4 nitrogen and oxygen atoms in total.